The maximum Gasteiger partial charge on any atom is 0.322 e. The molecule has 7 heteroatoms. The van der Waals surface area contributed by atoms with Gasteiger partial charge in [-0.25, -0.2) is 0 Å². The molecule has 2 aliphatic rings. The summed E-state index contributed by atoms with van der Waals surface area (Å²) in [5.74, 6) is 0.122. The van der Waals surface area contributed by atoms with E-state index in [1.807, 2.05) is 24.1 Å². The summed E-state index contributed by atoms with van der Waals surface area (Å²) in [6.45, 7) is 8.07. The molecule has 0 spiro atoms. The molecule has 2 heterocycles. The van der Waals surface area contributed by atoms with Gasteiger partial charge < -0.3 is 14.6 Å². The average molecular weight is 363 g/mol. The first-order valence-electron chi connectivity index (χ1n) is 9.29. The zero-order valence-corrected chi connectivity index (χ0v) is 15.5. The van der Waals surface area contributed by atoms with E-state index in [1.165, 1.54) is 0 Å². The maximum absolute atomic E-state index is 11.4. The molecule has 0 aliphatic carbocycles. The second-order valence-electron chi connectivity index (χ2n) is 7.02. The summed E-state index contributed by atoms with van der Waals surface area (Å²) in [4.78, 5) is 17.8. The third-order valence-corrected chi connectivity index (χ3v) is 5.10. The van der Waals surface area contributed by atoms with Crippen LogP contribution in [0.3, 0.4) is 0 Å². The number of piperazine rings is 1. The lowest BCUT2D eigenvalue weighted by Crippen LogP contribution is -2.54. The molecule has 1 aromatic rings. The molecule has 1 atom stereocenters. The van der Waals surface area contributed by atoms with Crippen LogP contribution in [0.1, 0.15) is 5.56 Å². The minimum atomic E-state index is -0.752. The number of morpholine rings is 1. The van der Waals surface area contributed by atoms with Gasteiger partial charge in [-0.3, -0.25) is 19.5 Å². The van der Waals surface area contributed by atoms with Crippen molar-refractivity contribution in [2.45, 2.75) is 12.6 Å². The number of ether oxygens (including phenoxy) is 2. The Balaban J connectivity index is 1.48. The molecule has 0 bridgehead atoms. The van der Waals surface area contributed by atoms with Gasteiger partial charge in [0.25, 0.3) is 0 Å². The zero-order chi connectivity index (χ0) is 18.4. The molecule has 0 unspecified atom stereocenters. The Labute approximate surface area is 155 Å². The van der Waals surface area contributed by atoms with E-state index in [-0.39, 0.29) is 0 Å². The van der Waals surface area contributed by atoms with Crippen molar-refractivity contribution >= 4 is 5.97 Å². The Hall–Kier alpha value is -1.67. The number of carboxylic acid groups (broad SMARTS) is 1. The van der Waals surface area contributed by atoms with Crippen molar-refractivity contribution in [1.82, 2.24) is 14.7 Å². The van der Waals surface area contributed by atoms with E-state index < -0.39 is 12.0 Å². The van der Waals surface area contributed by atoms with Crippen LogP contribution < -0.4 is 4.74 Å². The number of benzene rings is 1. The molecule has 0 aromatic heterocycles. The first kappa shape index (κ1) is 19.1. The number of carbonyl (C=O) groups is 1. The van der Waals surface area contributed by atoms with Gasteiger partial charge in [0.05, 0.1) is 13.2 Å². The summed E-state index contributed by atoms with van der Waals surface area (Å²) in [7, 11) is 1.87. The molecule has 2 fully saturated rings. The number of rotatable bonds is 7. The Morgan fingerprint density at radius 3 is 2.81 bits per heavy atom. The number of carboxylic acids is 1. The van der Waals surface area contributed by atoms with Crippen LogP contribution in [0.15, 0.2) is 24.3 Å². The number of aliphatic carboxylic acids is 1. The molecule has 144 valence electrons. The van der Waals surface area contributed by atoms with E-state index in [4.69, 9.17) is 9.47 Å². The van der Waals surface area contributed by atoms with E-state index in [0.29, 0.717) is 13.2 Å². The molecule has 0 saturated carbocycles. The number of hydrogen-bond acceptors (Lipinski definition) is 6. The van der Waals surface area contributed by atoms with Crippen molar-refractivity contribution < 1.29 is 19.4 Å². The molecule has 2 aliphatic heterocycles. The third kappa shape index (κ3) is 5.41. The average Bonchev–Trinajstić information content (AvgIpc) is 2.64. The molecule has 1 aromatic carbocycles. The van der Waals surface area contributed by atoms with Crippen LogP contribution in [-0.2, 0) is 16.1 Å². The van der Waals surface area contributed by atoms with Crippen LogP contribution >= 0.6 is 0 Å². The third-order valence-electron chi connectivity index (χ3n) is 5.10. The van der Waals surface area contributed by atoms with Crippen molar-refractivity contribution in [1.29, 1.82) is 0 Å². The smallest absolute Gasteiger partial charge is 0.322 e. The van der Waals surface area contributed by atoms with E-state index in [2.05, 4.69) is 21.9 Å². The topological polar surface area (TPSA) is 65.5 Å². The van der Waals surface area contributed by atoms with Gasteiger partial charge in [-0.05, 0) is 24.7 Å². The molecule has 7 nitrogen and oxygen atoms in total. The number of hydrogen-bond donors (Lipinski definition) is 1. The molecular formula is C19H29N3O4. The predicted octanol–water partition coefficient (Wildman–Crippen LogP) is 0.598. The predicted molar refractivity (Wildman–Crippen MR) is 98.5 cm³/mol. The van der Waals surface area contributed by atoms with Crippen molar-refractivity contribution in [2.75, 3.05) is 66.1 Å². The lowest BCUT2D eigenvalue weighted by molar-refractivity contribution is -0.145. The van der Waals surface area contributed by atoms with Gasteiger partial charge in [-0.15, -0.1) is 0 Å². The Morgan fingerprint density at radius 2 is 2.04 bits per heavy atom. The number of nitrogens with zero attached hydrogens (tertiary/aromatic N) is 3. The lowest BCUT2D eigenvalue weighted by Gasteiger charge is -2.37. The fraction of sp³-hybridized carbons (Fsp3) is 0.632. The highest BCUT2D eigenvalue weighted by Crippen LogP contribution is 2.17. The van der Waals surface area contributed by atoms with Gasteiger partial charge in [-0.1, -0.05) is 12.1 Å². The maximum atomic E-state index is 11.4. The van der Waals surface area contributed by atoms with Crippen LogP contribution in [0.2, 0.25) is 0 Å². The molecule has 26 heavy (non-hydrogen) atoms. The van der Waals surface area contributed by atoms with Gasteiger partial charge in [0.15, 0.2) is 0 Å². The lowest BCUT2D eigenvalue weighted by atomic mass is 10.1. The monoisotopic (exact) mass is 363 g/mol. The van der Waals surface area contributed by atoms with Crippen LogP contribution in [-0.4, -0.2) is 98.0 Å². The fourth-order valence-corrected chi connectivity index (χ4v) is 3.45. The van der Waals surface area contributed by atoms with Crippen LogP contribution in [0.25, 0.3) is 0 Å². The second kappa shape index (κ2) is 9.32. The first-order valence-corrected chi connectivity index (χ1v) is 9.29. The van der Waals surface area contributed by atoms with Gasteiger partial charge in [0, 0.05) is 45.8 Å². The summed E-state index contributed by atoms with van der Waals surface area (Å²) >= 11 is 0. The van der Waals surface area contributed by atoms with Crippen LogP contribution in [0.5, 0.6) is 5.75 Å². The fourth-order valence-electron chi connectivity index (χ4n) is 3.45. The summed E-state index contributed by atoms with van der Waals surface area (Å²) in [5.41, 5.74) is 1.16. The van der Waals surface area contributed by atoms with Gasteiger partial charge in [0.2, 0.25) is 0 Å². The van der Waals surface area contributed by atoms with Crippen molar-refractivity contribution in [3.63, 3.8) is 0 Å². The van der Waals surface area contributed by atoms with Crippen molar-refractivity contribution in [3.05, 3.63) is 29.8 Å². The minimum absolute atomic E-state index is 0.434. The normalized spacial score (nSPS) is 23.0. The molecule has 0 amide bonds. The van der Waals surface area contributed by atoms with Gasteiger partial charge >= 0.3 is 5.97 Å². The highest BCUT2D eigenvalue weighted by Gasteiger charge is 2.29. The highest BCUT2D eigenvalue weighted by molar-refractivity contribution is 5.73. The van der Waals surface area contributed by atoms with E-state index >= 15 is 0 Å². The zero-order valence-electron chi connectivity index (χ0n) is 15.5. The van der Waals surface area contributed by atoms with Crippen molar-refractivity contribution in [3.8, 4) is 5.75 Å². The van der Waals surface area contributed by atoms with Gasteiger partial charge in [-0.2, -0.15) is 0 Å². The molecule has 2 saturated heterocycles. The number of likely N-dealkylation sites (N-methyl/N-ethyl adjacent to an activating group) is 1. The Morgan fingerprint density at radius 1 is 1.23 bits per heavy atom. The van der Waals surface area contributed by atoms with Crippen LogP contribution in [0.4, 0.5) is 0 Å². The van der Waals surface area contributed by atoms with Crippen molar-refractivity contribution in [2.24, 2.45) is 0 Å². The first-order chi connectivity index (χ1) is 12.6. The molecular weight excluding hydrogens is 334 g/mol. The SMILES string of the molecule is CN1CCN(Cc2cccc(OCCN3CCOCC3)c2)C[C@H]1C(=O)O. The summed E-state index contributed by atoms with van der Waals surface area (Å²) in [6.07, 6.45) is 0. The Kier molecular flexibility index (Phi) is 6.85. The van der Waals surface area contributed by atoms with Gasteiger partial charge in [0.1, 0.15) is 18.4 Å². The summed E-state index contributed by atoms with van der Waals surface area (Å²) in [5, 5.41) is 9.34. The molecule has 1 N–H and O–H groups in total. The second-order valence-corrected chi connectivity index (χ2v) is 7.02. The van der Waals surface area contributed by atoms with E-state index in [0.717, 1.165) is 63.8 Å². The summed E-state index contributed by atoms with van der Waals surface area (Å²) in [6, 6.07) is 7.68. The van der Waals surface area contributed by atoms with E-state index in [1.54, 1.807) is 0 Å². The molecule has 0 radical (unpaired) electrons. The van der Waals surface area contributed by atoms with Crippen LogP contribution in [0, 0.1) is 0 Å². The quantitative estimate of drug-likeness (QED) is 0.761. The highest BCUT2D eigenvalue weighted by atomic mass is 16.5. The minimum Gasteiger partial charge on any atom is -0.492 e. The Bertz CT molecular complexity index is 592. The van der Waals surface area contributed by atoms with E-state index in [9.17, 15) is 9.90 Å². The summed E-state index contributed by atoms with van der Waals surface area (Å²) < 4.78 is 11.3. The largest absolute Gasteiger partial charge is 0.492 e. The molecule has 3 rings (SSSR count). The standard InChI is InChI=1S/C19H29N3O4/c1-20-5-6-22(15-18(20)19(23)24)14-16-3-2-4-17(13-16)26-12-9-21-7-10-25-11-8-21/h2-4,13,18H,5-12,14-15H2,1H3,(H,23,24)/t18-/m0/s1.